The van der Waals surface area contributed by atoms with Gasteiger partial charge in [0.1, 0.15) is 11.9 Å². The molecule has 1 unspecified atom stereocenters. The van der Waals surface area contributed by atoms with E-state index in [0.717, 1.165) is 0 Å². The molecular formula is C10H13FN2O2. The molecule has 1 amide bonds. The Morgan fingerprint density at radius 3 is 2.53 bits per heavy atom. The number of amides is 1. The van der Waals surface area contributed by atoms with Gasteiger partial charge in [-0.2, -0.15) is 0 Å². The first-order valence-electron chi connectivity index (χ1n) is 4.46. The molecule has 0 aliphatic carbocycles. The number of nitrogens with two attached hydrogens (primary N) is 1. The summed E-state index contributed by atoms with van der Waals surface area (Å²) in [5.41, 5.74) is 5.90. The number of benzene rings is 1. The van der Waals surface area contributed by atoms with Crippen LogP contribution in [0.4, 0.5) is 10.1 Å². The lowest BCUT2D eigenvalue weighted by Gasteiger charge is -2.20. The first-order valence-corrected chi connectivity index (χ1v) is 4.46. The second kappa shape index (κ2) is 4.86. The number of aliphatic hydroxyl groups is 1. The Bertz CT molecular complexity index is 340. The number of likely N-dealkylation sites (N-methyl/N-ethyl adjacent to an activating group) is 1. The molecule has 0 radical (unpaired) electrons. The Labute approximate surface area is 87.1 Å². The Balaban J connectivity index is 2.80. The van der Waals surface area contributed by atoms with Crippen molar-refractivity contribution in [3.63, 3.8) is 0 Å². The molecule has 0 saturated heterocycles. The molecule has 0 heterocycles. The van der Waals surface area contributed by atoms with Crippen LogP contribution < -0.4 is 10.6 Å². The van der Waals surface area contributed by atoms with Crippen LogP contribution in [0.15, 0.2) is 24.3 Å². The quantitative estimate of drug-likeness (QED) is 0.747. The third kappa shape index (κ3) is 2.74. The molecule has 0 saturated carbocycles. The number of carbonyl (C=O) groups excluding carboxylic acids is 1. The number of hydrogen-bond donors (Lipinski definition) is 2. The number of halogens is 1. The number of nitrogens with zero attached hydrogens (tertiary/aromatic N) is 1. The fourth-order valence-corrected chi connectivity index (χ4v) is 1.12. The summed E-state index contributed by atoms with van der Waals surface area (Å²) < 4.78 is 12.6. The summed E-state index contributed by atoms with van der Waals surface area (Å²) in [4.78, 5) is 12.8. The molecule has 1 atom stereocenters. The largest absolute Gasteiger partial charge is 0.394 e. The van der Waals surface area contributed by atoms with Crippen LogP contribution in [-0.2, 0) is 4.79 Å². The van der Waals surface area contributed by atoms with E-state index in [2.05, 4.69) is 0 Å². The first-order chi connectivity index (χ1) is 7.06. The van der Waals surface area contributed by atoms with Crippen LogP contribution in [0.3, 0.4) is 0 Å². The smallest absolute Gasteiger partial charge is 0.246 e. The van der Waals surface area contributed by atoms with Gasteiger partial charge in [0.25, 0.3) is 0 Å². The molecule has 0 aliphatic heterocycles. The van der Waals surface area contributed by atoms with Gasteiger partial charge in [0, 0.05) is 12.7 Å². The third-order valence-corrected chi connectivity index (χ3v) is 2.06. The summed E-state index contributed by atoms with van der Waals surface area (Å²) in [6.45, 7) is -0.412. The van der Waals surface area contributed by atoms with Crippen molar-refractivity contribution in [1.29, 1.82) is 0 Å². The Morgan fingerprint density at radius 2 is 2.07 bits per heavy atom. The minimum absolute atomic E-state index is 0.369. The number of hydrogen-bond acceptors (Lipinski definition) is 3. The molecular weight excluding hydrogens is 199 g/mol. The normalized spacial score (nSPS) is 12.3. The minimum Gasteiger partial charge on any atom is -0.394 e. The van der Waals surface area contributed by atoms with Crippen LogP contribution in [0.1, 0.15) is 0 Å². The highest BCUT2D eigenvalue weighted by atomic mass is 19.1. The summed E-state index contributed by atoms with van der Waals surface area (Å²) in [5.74, 6) is -0.782. The minimum atomic E-state index is -0.944. The van der Waals surface area contributed by atoms with Crippen molar-refractivity contribution >= 4 is 11.6 Å². The van der Waals surface area contributed by atoms with E-state index in [4.69, 9.17) is 10.8 Å². The number of rotatable bonds is 3. The van der Waals surface area contributed by atoms with E-state index < -0.39 is 18.6 Å². The first kappa shape index (κ1) is 11.6. The lowest BCUT2D eigenvalue weighted by molar-refractivity contribution is -0.120. The Kier molecular flexibility index (Phi) is 3.76. The molecule has 0 spiro atoms. The second-order valence-electron chi connectivity index (χ2n) is 3.16. The summed E-state index contributed by atoms with van der Waals surface area (Å²) in [6.07, 6.45) is 0. The zero-order valence-corrected chi connectivity index (χ0v) is 8.35. The van der Waals surface area contributed by atoms with Gasteiger partial charge in [0.05, 0.1) is 6.61 Å². The fraction of sp³-hybridized carbons (Fsp3) is 0.300. The zero-order chi connectivity index (χ0) is 11.4. The molecule has 0 aliphatic rings. The Hall–Kier alpha value is -1.46. The van der Waals surface area contributed by atoms with E-state index in [0.29, 0.717) is 5.69 Å². The predicted molar refractivity (Wildman–Crippen MR) is 54.9 cm³/mol. The van der Waals surface area contributed by atoms with Crippen LogP contribution in [0.2, 0.25) is 0 Å². The zero-order valence-electron chi connectivity index (χ0n) is 8.35. The monoisotopic (exact) mass is 212 g/mol. The van der Waals surface area contributed by atoms with E-state index >= 15 is 0 Å². The SMILES string of the molecule is CN(C(=O)C(N)CO)c1ccc(F)cc1. The van der Waals surface area contributed by atoms with Gasteiger partial charge in [-0.05, 0) is 24.3 Å². The van der Waals surface area contributed by atoms with Crippen molar-refractivity contribution < 1.29 is 14.3 Å². The molecule has 4 nitrogen and oxygen atoms in total. The average molecular weight is 212 g/mol. The van der Waals surface area contributed by atoms with Gasteiger partial charge >= 0.3 is 0 Å². The summed E-state index contributed by atoms with van der Waals surface area (Å²) in [7, 11) is 1.52. The number of anilines is 1. The topological polar surface area (TPSA) is 66.6 Å². The van der Waals surface area contributed by atoms with Gasteiger partial charge in [-0.25, -0.2) is 4.39 Å². The van der Waals surface area contributed by atoms with Crippen molar-refractivity contribution in [3.8, 4) is 0 Å². The molecule has 1 aromatic rings. The lowest BCUT2D eigenvalue weighted by Crippen LogP contribution is -2.44. The third-order valence-electron chi connectivity index (χ3n) is 2.06. The van der Waals surface area contributed by atoms with Crippen LogP contribution in [0.5, 0.6) is 0 Å². The van der Waals surface area contributed by atoms with Crippen molar-refractivity contribution in [1.82, 2.24) is 0 Å². The van der Waals surface area contributed by atoms with Gasteiger partial charge in [-0.15, -0.1) is 0 Å². The predicted octanol–water partition coefficient (Wildman–Crippen LogP) is 0.108. The molecule has 1 aromatic carbocycles. The van der Waals surface area contributed by atoms with Crippen molar-refractivity contribution in [3.05, 3.63) is 30.1 Å². The average Bonchev–Trinajstić information content (AvgIpc) is 2.27. The number of aliphatic hydroxyl groups excluding tert-OH is 1. The molecule has 15 heavy (non-hydrogen) atoms. The fourth-order valence-electron chi connectivity index (χ4n) is 1.12. The Morgan fingerprint density at radius 1 is 1.53 bits per heavy atom. The standard InChI is InChI=1S/C10H13FN2O2/c1-13(10(15)9(12)6-14)8-4-2-7(11)3-5-8/h2-5,9,14H,6,12H2,1H3. The van der Waals surface area contributed by atoms with Gasteiger partial charge in [0.15, 0.2) is 0 Å². The maximum absolute atomic E-state index is 12.6. The lowest BCUT2D eigenvalue weighted by atomic mass is 10.2. The molecule has 0 bridgehead atoms. The van der Waals surface area contributed by atoms with Crippen molar-refractivity contribution in [2.45, 2.75) is 6.04 Å². The van der Waals surface area contributed by atoms with Crippen LogP contribution in [0.25, 0.3) is 0 Å². The molecule has 3 N–H and O–H groups in total. The molecule has 1 rings (SSSR count). The van der Waals surface area contributed by atoms with Crippen LogP contribution >= 0.6 is 0 Å². The summed E-state index contributed by atoms with van der Waals surface area (Å²) in [5, 5.41) is 8.71. The van der Waals surface area contributed by atoms with Gasteiger partial charge < -0.3 is 15.7 Å². The van der Waals surface area contributed by atoms with E-state index in [9.17, 15) is 9.18 Å². The maximum Gasteiger partial charge on any atom is 0.246 e. The van der Waals surface area contributed by atoms with E-state index in [1.54, 1.807) is 0 Å². The molecule has 5 heteroatoms. The maximum atomic E-state index is 12.6. The van der Waals surface area contributed by atoms with Gasteiger partial charge in [-0.1, -0.05) is 0 Å². The molecule has 82 valence electrons. The van der Waals surface area contributed by atoms with Gasteiger partial charge in [-0.3, -0.25) is 4.79 Å². The highest BCUT2D eigenvalue weighted by molar-refractivity contribution is 5.96. The number of carbonyl (C=O) groups is 1. The highest BCUT2D eigenvalue weighted by Crippen LogP contribution is 2.13. The van der Waals surface area contributed by atoms with Crippen LogP contribution in [-0.4, -0.2) is 30.7 Å². The molecule has 0 fully saturated rings. The van der Waals surface area contributed by atoms with E-state index in [1.165, 1.54) is 36.2 Å². The van der Waals surface area contributed by atoms with E-state index in [-0.39, 0.29) is 5.82 Å². The van der Waals surface area contributed by atoms with Crippen molar-refractivity contribution in [2.75, 3.05) is 18.6 Å². The summed E-state index contributed by atoms with van der Waals surface area (Å²) in [6, 6.07) is 4.50. The van der Waals surface area contributed by atoms with E-state index in [1.807, 2.05) is 0 Å². The van der Waals surface area contributed by atoms with Gasteiger partial charge in [0.2, 0.25) is 5.91 Å². The molecule has 0 aromatic heterocycles. The van der Waals surface area contributed by atoms with Crippen molar-refractivity contribution in [2.24, 2.45) is 5.73 Å². The van der Waals surface area contributed by atoms with Crippen LogP contribution in [0, 0.1) is 5.82 Å². The second-order valence-corrected chi connectivity index (χ2v) is 3.16. The highest BCUT2D eigenvalue weighted by Gasteiger charge is 2.17. The summed E-state index contributed by atoms with van der Waals surface area (Å²) >= 11 is 0.